The van der Waals surface area contributed by atoms with Crippen LogP contribution in [-0.2, 0) is 42.4 Å². The van der Waals surface area contributed by atoms with Crippen molar-refractivity contribution >= 4 is 70.0 Å². The number of esters is 2. The molecule has 23 nitrogen and oxygen atoms in total. The van der Waals surface area contributed by atoms with Crippen molar-refractivity contribution in [2.24, 2.45) is 0 Å². The van der Waals surface area contributed by atoms with Crippen LogP contribution >= 0.6 is 22.6 Å². The number of amides is 4. The zero-order valence-electron chi connectivity index (χ0n) is 44.6. The van der Waals surface area contributed by atoms with Gasteiger partial charge in [-0.15, -0.1) is 0 Å². The number of hydrogen-bond donors (Lipinski definition) is 5. The molecule has 435 valence electrons. The first-order valence-electron chi connectivity index (χ1n) is 24.6. The molecule has 81 heavy (non-hydrogen) atoms. The van der Waals surface area contributed by atoms with Crippen LogP contribution in [0.15, 0.2) is 110 Å². The molecule has 0 bridgehead atoms. The van der Waals surface area contributed by atoms with E-state index in [1.54, 1.807) is 39.5 Å². The van der Waals surface area contributed by atoms with Crippen LogP contribution in [0.4, 0.5) is 27.0 Å². The summed E-state index contributed by atoms with van der Waals surface area (Å²) in [5.74, 6) is 1.67. The van der Waals surface area contributed by atoms with Gasteiger partial charge in [-0.1, -0.05) is 51.3 Å². The Morgan fingerprint density at radius 1 is 0.605 bits per heavy atom. The molecule has 0 saturated carbocycles. The quantitative estimate of drug-likeness (QED) is 0.0459. The van der Waals surface area contributed by atoms with E-state index < -0.39 is 30.1 Å². The summed E-state index contributed by atoms with van der Waals surface area (Å²) < 4.78 is 27.2. The van der Waals surface area contributed by atoms with Crippen LogP contribution in [0.2, 0.25) is 0 Å². The second-order valence-corrected chi connectivity index (χ2v) is 18.1. The molecule has 6 N–H and O–H groups in total. The Balaban J connectivity index is 0.000000378. The van der Waals surface area contributed by atoms with Crippen LogP contribution in [0.1, 0.15) is 60.3 Å². The number of carboxylic acids is 1. The van der Waals surface area contributed by atoms with Crippen LogP contribution < -0.4 is 35.9 Å². The number of nitrogens with two attached hydrogens (primary N) is 1. The third kappa shape index (κ3) is 20.4. The molecule has 25 heteroatoms. The molecular formula is C56H72IN12O11V-. The summed E-state index contributed by atoms with van der Waals surface area (Å²) in [6, 6.07) is 25.3. The number of anilines is 3. The van der Waals surface area contributed by atoms with Crippen LogP contribution in [0.5, 0.6) is 17.2 Å². The van der Waals surface area contributed by atoms with E-state index in [0.29, 0.717) is 72.7 Å². The van der Waals surface area contributed by atoms with Gasteiger partial charge in [0.2, 0.25) is 0 Å². The Kier molecular flexibility index (Phi) is 31.3. The first-order valence-corrected chi connectivity index (χ1v) is 25.8. The number of carbonyl (C=O) groups excluding carboxylic acids is 4. The summed E-state index contributed by atoms with van der Waals surface area (Å²) in [7, 11) is 7.53. The van der Waals surface area contributed by atoms with Gasteiger partial charge in [-0.25, -0.2) is 49.1 Å². The largest absolute Gasteiger partial charge is 0.496 e. The Morgan fingerprint density at radius 3 is 1.38 bits per heavy atom. The summed E-state index contributed by atoms with van der Waals surface area (Å²) in [5, 5.41) is 17.6. The van der Waals surface area contributed by atoms with Gasteiger partial charge >= 0.3 is 30.0 Å². The van der Waals surface area contributed by atoms with Crippen molar-refractivity contribution in [2.75, 3.05) is 71.6 Å². The maximum atomic E-state index is 12.5. The van der Waals surface area contributed by atoms with E-state index in [1.807, 2.05) is 84.1 Å². The molecule has 3 aliphatic heterocycles. The molecule has 6 heterocycles. The van der Waals surface area contributed by atoms with Crippen LogP contribution in [-0.4, -0.2) is 148 Å². The molecule has 0 spiro atoms. The van der Waals surface area contributed by atoms with Gasteiger partial charge in [0.1, 0.15) is 71.8 Å². The van der Waals surface area contributed by atoms with E-state index in [9.17, 15) is 29.1 Å². The number of likely N-dealkylation sites (tertiary alicyclic amines) is 2. The van der Waals surface area contributed by atoms with Gasteiger partial charge in [0, 0.05) is 66.5 Å². The number of rotatable bonds is 11. The number of nitrogens with zero attached hydrogens (tertiary/aromatic N) is 8. The van der Waals surface area contributed by atoms with Gasteiger partial charge in [-0.2, -0.15) is 6.92 Å². The number of carboxylic acid groups (broad SMARTS) is 1. The fourth-order valence-electron chi connectivity index (χ4n) is 8.28. The number of ether oxygens (including phenoxy) is 5. The van der Waals surface area contributed by atoms with E-state index in [4.69, 9.17) is 24.7 Å². The number of carbonyl (C=O) groups is 5. The smallest absolute Gasteiger partial charge is 0.328 e. The van der Waals surface area contributed by atoms with E-state index >= 15 is 0 Å². The third-order valence-electron chi connectivity index (χ3n) is 12.0. The molecule has 0 aliphatic carbocycles. The summed E-state index contributed by atoms with van der Waals surface area (Å²) in [4.78, 5) is 86.0. The Labute approximate surface area is 498 Å². The molecule has 1 radical (unpaired) electrons. The Bertz CT molecular complexity index is 2920. The minimum absolute atomic E-state index is 0. The number of methoxy groups -OCH3 is 5. The number of nitrogens with one attached hydrogen (secondary N) is 3. The van der Waals surface area contributed by atoms with Crippen LogP contribution in [0, 0.1) is 4.43 Å². The third-order valence-corrected chi connectivity index (χ3v) is 12.0. The van der Waals surface area contributed by atoms with Crippen molar-refractivity contribution < 1.29 is 71.3 Å². The van der Waals surface area contributed by atoms with Gasteiger partial charge in [0.25, 0.3) is 0 Å². The Hall–Kier alpha value is -7.68. The average molecular weight is 1270 g/mol. The average Bonchev–Trinajstić information content (AvgIpc) is 4.31. The molecule has 3 saturated heterocycles. The first-order chi connectivity index (χ1) is 37.8. The number of urea groups is 2. The summed E-state index contributed by atoms with van der Waals surface area (Å²) >= 11 is 2.16. The van der Waals surface area contributed by atoms with Crippen molar-refractivity contribution in [2.45, 2.75) is 78.4 Å². The molecule has 6 aromatic rings. The number of nitrogen functional groups attached to an aromatic ring is 1. The minimum Gasteiger partial charge on any atom is -0.496 e. The van der Waals surface area contributed by atoms with Gasteiger partial charge in [0.05, 0.1) is 52.6 Å². The second-order valence-electron chi connectivity index (χ2n) is 16.8. The molecule has 9 rings (SSSR count). The van der Waals surface area contributed by atoms with Crippen molar-refractivity contribution in [1.82, 2.24) is 45.0 Å². The van der Waals surface area contributed by atoms with E-state index in [1.165, 1.54) is 43.0 Å². The van der Waals surface area contributed by atoms with Crippen LogP contribution in [0.25, 0.3) is 33.8 Å². The minimum atomic E-state index is -0.995. The molecule has 3 aliphatic rings. The van der Waals surface area contributed by atoms with Crippen molar-refractivity contribution in [3.63, 3.8) is 0 Å². The molecule has 3 unspecified atom stereocenters. The van der Waals surface area contributed by atoms with Crippen molar-refractivity contribution in [3.05, 3.63) is 114 Å². The number of benzene rings is 3. The van der Waals surface area contributed by atoms with E-state index in [0.717, 1.165) is 53.9 Å². The van der Waals surface area contributed by atoms with Gasteiger partial charge in [-0.05, 0) is 81.5 Å². The van der Waals surface area contributed by atoms with E-state index in [2.05, 4.69) is 73.2 Å². The van der Waals surface area contributed by atoms with Gasteiger partial charge in [-0.3, -0.25) is 19.9 Å². The first kappa shape index (κ1) is 69.4. The zero-order valence-corrected chi connectivity index (χ0v) is 48.1. The fraction of sp³-hybridized carbons (Fsp3) is 0.357. The number of aliphatic carboxylic acids is 1. The topological polar surface area (TPSA) is 298 Å². The number of aromatic nitrogens is 6. The SMILES string of the molecule is C.C.COC(=O)C1CCCN1.COC(=O)C1CCCN1C(=O)Nc1cc(-c2ccccc2OC)ncn1.COc1ccccc1-c1cc(N)ncn1.COc1ccccc1-c1cc(NC(=O)N2CCCC2C(=O)O)ncn1.C[CH-]I.[V]. The van der Waals surface area contributed by atoms with E-state index in [-0.39, 0.29) is 51.5 Å². The number of hydrogen-bond acceptors (Lipinski definition) is 18. The second kappa shape index (κ2) is 36.6. The predicted molar refractivity (Wildman–Crippen MR) is 314 cm³/mol. The van der Waals surface area contributed by atoms with Crippen molar-refractivity contribution in [3.8, 4) is 51.0 Å². The monoisotopic (exact) mass is 1270 g/mol. The number of halogens is 1. The molecule has 3 aromatic heterocycles. The van der Waals surface area contributed by atoms with Crippen molar-refractivity contribution in [1.29, 1.82) is 0 Å². The summed E-state index contributed by atoms with van der Waals surface area (Å²) in [5.41, 5.74) is 10.1. The molecule has 3 aromatic carbocycles. The fourth-order valence-corrected chi connectivity index (χ4v) is 8.28. The maximum Gasteiger partial charge on any atom is 0.328 e. The molecule has 3 fully saturated rings. The summed E-state index contributed by atoms with van der Waals surface area (Å²) in [6.45, 7) is 3.84. The predicted octanol–water partition coefficient (Wildman–Crippen LogP) is 9.07. The normalized spacial score (nSPS) is 15.3. The molecule has 3 atom stereocenters. The Morgan fingerprint density at radius 2 is 1.00 bits per heavy atom. The van der Waals surface area contributed by atoms with Crippen LogP contribution in [0.3, 0.4) is 0 Å². The number of para-hydroxylation sites is 3. The van der Waals surface area contributed by atoms with Gasteiger partial charge < -0.3 is 72.2 Å². The standard InChI is InChI=1S/C18H20N4O4.C17H18N4O4.C11H11N3O.C6H11NO2.C2H4I.2CH4.V/c1-25-15-8-4-3-6-12(15)13-10-16(20-11-19-13)21-18(24)22-9-5-7-14(22)17(23)26-2;1-25-14-7-3-2-5-11(14)12-9-15(19-10-18-12)20-17(24)21-8-4-6-13(21)16(22)23;1-15-10-5-3-2-4-8(10)9-6-11(12)14-7-13-9;1-9-6(8)5-3-2-4-7-5;1-2-3;;;/h3-4,6,8,10-11,14H,5,7,9H2,1-2H3,(H,19,20,21,24);2-3,5,7,9-10,13H,4,6,8H2,1H3,(H,22,23)(H,18,19,20,24);2-7H,1H3,(H2,12,13,14);5,7H,2-4H2,1H3;2H,1H3;2*1H4;/q;;;;-1;;;. The van der Waals surface area contributed by atoms with Gasteiger partial charge in [0.15, 0.2) is 0 Å². The molecular weight excluding hydrogens is 1190 g/mol. The summed E-state index contributed by atoms with van der Waals surface area (Å²) in [6.07, 6.45) is 8.64. The maximum absolute atomic E-state index is 12.5. The molecule has 4 amide bonds. The zero-order chi connectivity index (χ0) is 56.4.